The van der Waals surface area contributed by atoms with E-state index < -0.39 is 0 Å². The standard InChI is InChI=1S/C21H26N2O2/c1-4-18-9-11-20(12-10-18)23(17(3)24)14-13-22-21(25)15-19-7-5-16(2)6-8-19/h5-12H,4,13-15H2,1-3H3,(H,22,25). The molecule has 2 amide bonds. The molecule has 0 unspecified atom stereocenters. The summed E-state index contributed by atoms with van der Waals surface area (Å²) in [5.41, 5.74) is 4.26. The Balaban J connectivity index is 1.87. The molecule has 0 heterocycles. The lowest BCUT2D eigenvalue weighted by Crippen LogP contribution is -2.38. The van der Waals surface area contributed by atoms with Gasteiger partial charge in [-0.25, -0.2) is 0 Å². The fourth-order valence-corrected chi connectivity index (χ4v) is 2.64. The molecule has 0 atom stereocenters. The Kier molecular flexibility index (Phi) is 6.75. The number of hydrogen-bond acceptors (Lipinski definition) is 2. The first-order valence-electron chi connectivity index (χ1n) is 8.69. The summed E-state index contributed by atoms with van der Waals surface area (Å²) >= 11 is 0. The molecule has 2 aromatic rings. The van der Waals surface area contributed by atoms with Crippen molar-refractivity contribution in [3.8, 4) is 0 Å². The minimum Gasteiger partial charge on any atom is -0.354 e. The first-order chi connectivity index (χ1) is 12.0. The monoisotopic (exact) mass is 338 g/mol. The van der Waals surface area contributed by atoms with Crippen molar-refractivity contribution in [3.63, 3.8) is 0 Å². The minimum atomic E-state index is -0.0336. The highest BCUT2D eigenvalue weighted by Crippen LogP contribution is 2.15. The molecule has 25 heavy (non-hydrogen) atoms. The van der Waals surface area contributed by atoms with Gasteiger partial charge in [-0.2, -0.15) is 0 Å². The lowest BCUT2D eigenvalue weighted by Gasteiger charge is -2.21. The smallest absolute Gasteiger partial charge is 0.224 e. The summed E-state index contributed by atoms with van der Waals surface area (Å²) in [6.07, 6.45) is 1.32. The molecule has 0 aliphatic rings. The van der Waals surface area contributed by atoms with E-state index in [9.17, 15) is 9.59 Å². The van der Waals surface area contributed by atoms with E-state index in [1.807, 2.05) is 55.5 Å². The number of nitrogens with zero attached hydrogens (tertiary/aromatic N) is 1. The number of anilines is 1. The van der Waals surface area contributed by atoms with Gasteiger partial charge in [0.1, 0.15) is 0 Å². The Labute approximate surface area is 149 Å². The molecule has 4 nitrogen and oxygen atoms in total. The Morgan fingerprint density at radius 2 is 1.56 bits per heavy atom. The summed E-state index contributed by atoms with van der Waals surface area (Å²) in [5.74, 6) is -0.0641. The number of rotatable bonds is 7. The second-order valence-corrected chi connectivity index (χ2v) is 6.20. The summed E-state index contributed by atoms with van der Waals surface area (Å²) in [7, 11) is 0. The third-order valence-electron chi connectivity index (χ3n) is 4.18. The zero-order chi connectivity index (χ0) is 18.2. The van der Waals surface area contributed by atoms with Gasteiger partial charge in [0.25, 0.3) is 0 Å². The highest BCUT2D eigenvalue weighted by Gasteiger charge is 2.12. The third kappa shape index (κ3) is 5.75. The minimum absolute atomic E-state index is 0.0305. The van der Waals surface area contributed by atoms with Crippen molar-refractivity contribution < 1.29 is 9.59 Å². The van der Waals surface area contributed by atoms with Crippen molar-refractivity contribution in [1.29, 1.82) is 0 Å². The largest absolute Gasteiger partial charge is 0.354 e. The van der Waals surface area contributed by atoms with E-state index in [4.69, 9.17) is 0 Å². The van der Waals surface area contributed by atoms with Crippen molar-refractivity contribution in [3.05, 3.63) is 65.2 Å². The molecule has 0 radical (unpaired) electrons. The van der Waals surface area contributed by atoms with Gasteiger partial charge in [-0.3, -0.25) is 9.59 Å². The molecule has 0 aliphatic carbocycles. The predicted octanol–water partition coefficient (Wildman–Crippen LogP) is 3.27. The highest BCUT2D eigenvalue weighted by molar-refractivity contribution is 5.91. The Morgan fingerprint density at radius 3 is 2.12 bits per heavy atom. The molecule has 1 N–H and O–H groups in total. The van der Waals surface area contributed by atoms with Crippen LogP contribution in [0.5, 0.6) is 0 Å². The Hall–Kier alpha value is -2.62. The van der Waals surface area contributed by atoms with E-state index in [1.165, 1.54) is 11.1 Å². The van der Waals surface area contributed by atoms with Crippen LogP contribution in [0.3, 0.4) is 0 Å². The number of carbonyl (C=O) groups excluding carboxylic acids is 2. The van der Waals surface area contributed by atoms with Crippen LogP contribution in [-0.2, 0) is 22.4 Å². The van der Waals surface area contributed by atoms with Crippen molar-refractivity contribution in [2.24, 2.45) is 0 Å². The molecule has 0 aromatic heterocycles. The molecule has 0 saturated carbocycles. The zero-order valence-electron chi connectivity index (χ0n) is 15.2. The van der Waals surface area contributed by atoms with Gasteiger partial charge in [0.15, 0.2) is 0 Å². The first-order valence-corrected chi connectivity index (χ1v) is 8.69. The maximum Gasteiger partial charge on any atom is 0.224 e. The summed E-state index contributed by atoms with van der Waals surface area (Å²) in [5, 5.41) is 2.89. The molecular weight excluding hydrogens is 312 g/mol. The van der Waals surface area contributed by atoms with E-state index in [0.29, 0.717) is 19.5 Å². The lowest BCUT2D eigenvalue weighted by atomic mass is 10.1. The van der Waals surface area contributed by atoms with Crippen LogP contribution in [0.15, 0.2) is 48.5 Å². The summed E-state index contributed by atoms with van der Waals surface area (Å²) in [6.45, 7) is 6.55. The number of nitrogens with one attached hydrogen (secondary N) is 1. The van der Waals surface area contributed by atoms with E-state index >= 15 is 0 Å². The predicted molar refractivity (Wildman–Crippen MR) is 102 cm³/mol. The first kappa shape index (κ1) is 18.7. The maximum atomic E-state index is 12.1. The quantitative estimate of drug-likeness (QED) is 0.842. The normalized spacial score (nSPS) is 10.4. The van der Waals surface area contributed by atoms with Crippen LogP contribution in [0.2, 0.25) is 0 Å². The third-order valence-corrected chi connectivity index (χ3v) is 4.18. The second-order valence-electron chi connectivity index (χ2n) is 6.20. The van der Waals surface area contributed by atoms with Gasteiger partial charge in [0.05, 0.1) is 6.42 Å². The zero-order valence-corrected chi connectivity index (χ0v) is 15.2. The van der Waals surface area contributed by atoms with Crippen LogP contribution in [0.4, 0.5) is 5.69 Å². The molecule has 0 saturated heterocycles. The second kappa shape index (κ2) is 9.02. The molecule has 0 fully saturated rings. The van der Waals surface area contributed by atoms with Gasteiger partial charge in [0.2, 0.25) is 11.8 Å². The summed E-state index contributed by atoms with van der Waals surface area (Å²) < 4.78 is 0. The molecular formula is C21H26N2O2. The molecule has 0 bridgehead atoms. The fraction of sp³-hybridized carbons (Fsp3) is 0.333. The van der Waals surface area contributed by atoms with Crippen LogP contribution in [-0.4, -0.2) is 24.9 Å². The Morgan fingerprint density at radius 1 is 0.960 bits per heavy atom. The van der Waals surface area contributed by atoms with E-state index in [-0.39, 0.29) is 11.8 Å². The summed E-state index contributed by atoms with van der Waals surface area (Å²) in [6, 6.07) is 15.9. The molecule has 0 aliphatic heterocycles. The van der Waals surface area contributed by atoms with Gasteiger partial charge in [-0.1, -0.05) is 48.9 Å². The average molecular weight is 338 g/mol. The van der Waals surface area contributed by atoms with Crippen LogP contribution in [0, 0.1) is 6.92 Å². The molecule has 0 spiro atoms. The van der Waals surface area contributed by atoms with Gasteiger partial charge >= 0.3 is 0 Å². The number of aryl methyl sites for hydroxylation is 2. The maximum absolute atomic E-state index is 12.1. The van der Waals surface area contributed by atoms with Gasteiger partial charge in [-0.05, 0) is 36.6 Å². The molecule has 132 valence electrons. The average Bonchev–Trinajstić information content (AvgIpc) is 2.60. The van der Waals surface area contributed by atoms with Crippen LogP contribution >= 0.6 is 0 Å². The number of hydrogen-bond donors (Lipinski definition) is 1. The van der Waals surface area contributed by atoms with E-state index in [1.54, 1.807) is 11.8 Å². The SMILES string of the molecule is CCc1ccc(N(CCNC(=O)Cc2ccc(C)cc2)C(C)=O)cc1. The van der Waals surface area contributed by atoms with Crippen molar-refractivity contribution >= 4 is 17.5 Å². The van der Waals surface area contributed by atoms with Crippen molar-refractivity contribution in [1.82, 2.24) is 5.32 Å². The highest BCUT2D eigenvalue weighted by atomic mass is 16.2. The number of carbonyl (C=O) groups is 2. The van der Waals surface area contributed by atoms with E-state index in [0.717, 1.165) is 17.7 Å². The van der Waals surface area contributed by atoms with Gasteiger partial charge in [0, 0.05) is 25.7 Å². The van der Waals surface area contributed by atoms with Crippen LogP contribution < -0.4 is 10.2 Å². The van der Waals surface area contributed by atoms with E-state index in [2.05, 4.69) is 12.2 Å². The topological polar surface area (TPSA) is 49.4 Å². The summed E-state index contributed by atoms with van der Waals surface area (Å²) in [4.78, 5) is 25.7. The molecule has 2 rings (SSSR count). The lowest BCUT2D eigenvalue weighted by molar-refractivity contribution is -0.121. The van der Waals surface area contributed by atoms with Crippen LogP contribution in [0.25, 0.3) is 0 Å². The van der Waals surface area contributed by atoms with Crippen molar-refractivity contribution in [2.75, 3.05) is 18.0 Å². The molecule has 2 aromatic carbocycles. The van der Waals surface area contributed by atoms with Crippen molar-refractivity contribution in [2.45, 2.75) is 33.6 Å². The number of benzene rings is 2. The Bertz CT molecular complexity index is 706. The van der Waals surface area contributed by atoms with Crippen LogP contribution in [0.1, 0.15) is 30.5 Å². The van der Waals surface area contributed by atoms with Gasteiger partial charge < -0.3 is 10.2 Å². The number of amides is 2. The van der Waals surface area contributed by atoms with Gasteiger partial charge in [-0.15, -0.1) is 0 Å². The fourth-order valence-electron chi connectivity index (χ4n) is 2.64. The molecule has 4 heteroatoms.